The number of hydrogen-bond donors (Lipinski definition) is 0. The van der Waals surface area contributed by atoms with E-state index in [-0.39, 0.29) is 30.9 Å². The third kappa shape index (κ3) is 6.37. The van der Waals surface area contributed by atoms with E-state index in [1.54, 1.807) is 0 Å². The molecule has 4 aromatic rings. The Kier molecular flexibility index (Phi) is 8.37. The zero-order chi connectivity index (χ0) is 27.0. The average Bonchev–Trinajstić information content (AvgIpc) is 3.38. The van der Waals surface area contributed by atoms with E-state index in [1.807, 2.05) is 42.5 Å². The first-order chi connectivity index (χ1) is 19.1. The summed E-state index contributed by atoms with van der Waals surface area (Å²) >= 11 is 0. The fraction of sp³-hybridized carbons (Fsp3) is 0.235. The SMILES string of the molecule is CC[C@@H](CC(=O)N1C(=O)OCC1c1ccccc1)c1cccc(N(Cc2ccccc2)Cc2ccccc2)c1. The van der Waals surface area contributed by atoms with Crippen molar-refractivity contribution in [3.8, 4) is 0 Å². The minimum absolute atomic E-state index is 0.0161. The van der Waals surface area contributed by atoms with Crippen LogP contribution in [0.2, 0.25) is 0 Å². The van der Waals surface area contributed by atoms with Crippen LogP contribution in [0.3, 0.4) is 0 Å². The first-order valence-corrected chi connectivity index (χ1v) is 13.6. The molecule has 5 rings (SSSR count). The molecule has 0 N–H and O–H groups in total. The quantitative estimate of drug-likeness (QED) is 0.218. The van der Waals surface area contributed by atoms with Gasteiger partial charge in [-0.1, -0.05) is 110 Å². The highest BCUT2D eigenvalue weighted by molar-refractivity contribution is 5.94. The van der Waals surface area contributed by atoms with Crippen molar-refractivity contribution in [1.82, 2.24) is 4.90 Å². The van der Waals surface area contributed by atoms with E-state index in [9.17, 15) is 9.59 Å². The molecule has 0 radical (unpaired) electrons. The second-order valence-corrected chi connectivity index (χ2v) is 10.00. The van der Waals surface area contributed by atoms with Crippen molar-refractivity contribution >= 4 is 17.7 Å². The van der Waals surface area contributed by atoms with Crippen LogP contribution in [0.1, 0.15) is 54.0 Å². The largest absolute Gasteiger partial charge is 0.446 e. The van der Waals surface area contributed by atoms with E-state index in [0.29, 0.717) is 0 Å². The smallest absolute Gasteiger partial charge is 0.417 e. The molecule has 5 heteroatoms. The van der Waals surface area contributed by atoms with Crippen molar-refractivity contribution in [3.63, 3.8) is 0 Å². The number of carbonyl (C=O) groups is 2. The molecular weight excluding hydrogens is 484 g/mol. The van der Waals surface area contributed by atoms with Gasteiger partial charge < -0.3 is 9.64 Å². The third-order valence-electron chi connectivity index (χ3n) is 7.38. The van der Waals surface area contributed by atoms with Gasteiger partial charge in [-0.05, 0) is 46.7 Å². The first kappa shape index (κ1) is 26.2. The number of hydrogen-bond acceptors (Lipinski definition) is 4. The standard InChI is InChI=1S/C34H34N2O3/c1-2-28(22-33(37)36-32(25-39-34(36)38)29-17-10-5-11-18-29)30-19-12-20-31(21-30)35(23-26-13-6-3-7-14-26)24-27-15-8-4-9-16-27/h3-21,28,32H,2,22-25H2,1H3/t28-,32?/m0/s1. The number of amides is 2. The third-order valence-corrected chi connectivity index (χ3v) is 7.38. The van der Waals surface area contributed by atoms with Crippen molar-refractivity contribution in [1.29, 1.82) is 0 Å². The lowest BCUT2D eigenvalue weighted by Gasteiger charge is -2.27. The van der Waals surface area contributed by atoms with Crippen molar-refractivity contribution < 1.29 is 14.3 Å². The number of rotatable bonds is 10. The van der Waals surface area contributed by atoms with Crippen LogP contribution in [0.15, 0.2) is 115 Å². The highest BCUT2D eigenvalue weighted by atomic mass is 16.6. The van der Waals surface area contributed by atoms with E-state index in [0.717, 1.165) is 36.3 Å². The van der Waals surface area contributed by atoms with Crippen LogP contribution < -0.4 is 4.90 Å². The minimum atomic E-state index is -0.561. The fourth-order valence-electron chi connectivity index (χ4n) is 5.25. The normalized spacial score (nSPS) is 15.6. The summed E-state index contributed by atoms with van der Waals surface area (Å²) in [7, 11) is 0. The summed E-state index contributed by atoms with van der Waals surface area (Å²) in [6.45, 7) is 3.82. The zero-order valence-electron chi connectivity index (χ0n) is 22.3. The summed E-state index contributed by atoms with van der Waals surface area (Å²) < 4.78 is 5.30. The van der Waals surface area contributed by atoms with Gasteiger partial charge in [-0.25, -0.2) is 9.69 Å². The Labute approximate surface area is 230 Å². The van der Waals surface area contributed by atoms with Gasteiger partial charge in [-0.3, -0.25) is 4.79 Å². The minimum Gasteiger partial charge on any atom is -0.446 e. The summed E-state index contributed by atoms with van der Waals surface area (Å²) in [5, 5.41) is 0. The predicted molar refractivity (Wildman–Crippen MR) is 154 cm³/mol. The number of cyclic esters (lactones) is 1. The van der Waals surface area contributed by atoms with E-state index in [4.69, 9.17) is 4.74 Å². The maximum Gasteiger partial charge on any atom is 0.417 e. The maximum absolute atomic E-state index is 13.5. The Bertz CT molecular complexity index is 1330. The summed E-state index contributed by atoms with van der Waals surface area (Å²) in [6, 6.07) is 38.6. The van der Waals surface area contributed by atoms with Gasteiger partial charge in [0.25, 0.3) is 0 Å². The topological polar surface area (TPSA) is 49.9 Å². The lowest BCUT2D eigenvalue weighted by Crippen LogP contribution is -2.35. The molecule has 1 saturated heterocycles. The van der Waals surface area contributed by atoms with Gasteiger partial charge in [0.05, 0.1) is 0 Å². The highest BCUT2D eigenvalue weighted by Gasteiger charge is 2.39. The Balaban J connectivity index is 1.37. The van der Waals surface area contributed by atoms with E-state index >= 15 is 0 Å². The average molecular weight is 519 g/mol. The Hall–Kier alpha value is -4.38. The fourth-order valence-corrected chi connectivity index (χ4v) is 5.25. The molecular formula is C34H34N2O3. The Morgan fingerprint density at radius 2 is 1.44 bits per heavy atom. The molecule has 198 valence electrons. The molecule has 2 amide bonds. The molecule has 1 fully saturated rings. The Morgan fingerprint density at radius 3 is 2.03 bits per heavy atom. The van der Waals surface area contributed by atoms with Crippen LogP contribution in [-0.4, -0.2) is 23.5 Å². The second kappa shape index (κ2) is 12.4. The van der Waals surface area contributed by atoms with Gasteiger partial charge in [0.15, 0.2) is 0 Å². The van der Waals surface area contributed by atoms with Gasteiger partial charge in [0.2, 0.25) is 5.91 Å². The number of anilines is 1. The molecule has 1 aliphatic rings. The molecule has 0 aliphatic carbocycles. The van der Waals surface area contributed by atoms with E-state index in [1.165, 1.54) is 16.0 Å². The number of benzene rings is 4. The van der Waals surface area contributed by atoms with Gasteiger partial charge in [0.1, 0.15) is 12.6 Å². The number of ether oxygens (including phenoxy) is 1. The second-order valence-electron chi connectivity index (χ2n) is 10.00. The van der Waals surface area contributed by atoms with Crippen LogP contribution in [0.4, 0.5) is 10.5 Å². The van der Waals surface area contributed by atoms with Gasteiger partial charge in [-0.15, -0.1) is 0 Å². The summed E-state index contributed by atoms with van der Waals surface area (Å²) in [5.74, 6) is -0.216. The van der Waals surface area contributed by atoms with Crippen molar-refractivity contribution in [2.24, 2.45) is 0 Å². The monoisotopic (exact) mass is 518 g/mol. The van der Waals surface area contributed by atoms with Crippen LogP contribution in [-0.2, 0) is 22.6 Å². The van der Waals surface area contributed by atoms with E-state index in [2.05, 4.69) is 84.6 Å². The van der Waals surface area contributed by atoms with Crippen molar-refractivity contribution in [2.45, 2.75) is 44.8 Å². The molecule has 1 heterocycles. The molecule has 39 heavy (non-hydrogen) atoms. The molecule has 4 aromatic carbocycles. The van der Waals surface area contributed by atoms with Gasteiger partial charge in [-0.2, -0.15) is 0 Å². The molecule has 0 saturated carbocycles. The summed E-state index contributed by atoms with van der Waals surface area (Å²) in [6.07, 6.45) is 0.468. The maximum atomic E-state index is 13.5. The molecule has 5 nitrogen and oxygen atoms in total. The highest BCUT2D eigenvalue weighted by Crippen LogP contribution is 2.33. The molecule has 0 aromatic heterocycles. The lowest BCUT2D eigenvalue weighted by atomic mass is 9.91. The van der Waals surface area contributed by atoms with Gasteiger partial charge >= 0.3 is 6.09 Å². The molecule has 1 unspecified atom stereocenters. The van der Waals surface area contributed by atoms with Gasteiger partial charge in [0, 0.05) is 25.2 Å². The van der Waals surface area contributed by atoms with Crippen LogP contribution in [0.5, 0.6) is 0 Å². The number of carbonyl (C=O) groups excluding carboxylic acids is 2. The van der Waals surface area contributed by atoms with Crippen LogP contribution in [0, 0.1) is 0 Å². The zero-order valence-corrected chi connectivity index (χ0v) is 22.3. The first-order valence-electron chi connectivity index (χ1n) is 13.6. The Morgan fingerprint density at radius 1 is 0.846 bits per heavy atom. The molecule has 1 aliphatic heterocycles. The molecule has 0 spiro atoms. The van der Waals surface area contributed by atoms with Crippen molar-refractivity contribution in [3.05, 3.63) is 138 Å². The lowest BCUT2D eigenvalue weighted by molar-refractivity contribution is -0.129. The van der Waals surface area contributed by atoms with Crippen molar-refractivity contribution in [2.75, 3.05) is 11.5 Å². The van der Waals surface area contributed by atoms with Crippen LogP contribution >= 0.6 is 0 Å². The number of nitrogens with zero attached hydrogens (tertiary/aromatic N) is 2. The predicted octanol–water partition coefficient (Wildman–Crippen LogP) is 7.50. The summed E-state index contributed by atoms with van der Waals surface area (Å²) in [4.78, 5) is 29.7. The molecule has 0 bridgehead atoms. The van der Waals surface area contributed by atoms with E-state index < -0.39 is 6.09 Å². The molecule has 2 atom stereocenters. The number of imide groups is 1. The summed E-state index contributed by atoms with van der Waals surface area (Å²) in [5.41, 5.74) is 5.58. The van der Waals surface area contributed by atoms with Crippen LogP contribution in [0.25, 0.3) is 0 Å².